The van der Waals surface area contributed by atoms with Crippen LogP contribution in [0, 0.1) is 12.3 Å². The maximum atomic E-state index is 12.9. The summed E-state index contributed by atoms with van der Waals surface area (Å²) in [7, 11) is 0. The molecule has 1 aromatic heterocycles. The molecule has 3 aromatic rings. The molecule has 4 rings (SSSR count). The Morgan fingerprint density at radius 1 is 1.10 bits per heavy atom. The molecule has 0 radical (unpaired) electrons. The van der Waals surface area contributed by atoms with E-state index in [0.717, 1.165) is 46.7 Å². The molecule has 0 spiro atoms. The second-order valence-corrected chi connectivity index (χ2v) is 9.09. The van der Waals surface area contributed by atoms with Gasteiger partial charge < -0.3 is 9.73 Å². The van der Waals surface area contributed by atoms with Crippen LogP contribution < -0.4 is 10.7 Å². The molecule has 0 atom stereocenters. The summed E-state index contributed by atoms with van der Waals surface area (Å²) in [5, 5.41) is 8.24. The molecule has 1 amide bonds. The van der Waals surface area contributed by atoms with Crippen molar-refractivity contribution in [1.82, 2.24) is 5.32 Å². The van der Waals surface area contributed by atoms with Crippen molar-refractivity contribution >= 4 is 28.9 Å². The molecular formula is C25H26ClN3O2. The highest BCUT2D eigenvalue weighted by molar-refractivity contribution is 6.31. The Morgan fingerprint density at radius 3 is 2.55 bits per heavy atom. The molecule has 0 unspecified atom stereocenters. The van der Waals surface area contributed by atoms with E-state index < -0.39 is 0 Å². The van der Waals surface area contributed by atoms with Crippen molar-refractivity contribution in [2.24, 2.45) is 10.5 Å². The molecule has 0 saturated heterocycles. The van der Waals surface area contributed by atoms with Gasteiger partial charge in [-0.2, -0.15) is 5.10 Å². The second-order valence-electron chi connectivity index (χ2n) is 8.68. The molecule has 0 aliphatic heterocycles. The number of fused-ring (bicyclic) bond motifs is 1. The van der Waals surface area contributed by atoms with Crippen molar-refractivity contribution in [3.05, 3.63) is 87.8 Å². The van der Waals surface area contributed by atoms with Crippen molar-refractivity contribution in [2.45, 2.75) is 40.2 Å². The summed E-state index contributed by atoms with van der Waals surface area (Å²) >= 11 is 6.21. The molecule has 31 heavy (non-hydrogen) atoms. The van der Waals surface area contributed by atoms with Crippen molar-refractivity contribution in [3.8, 4) is 0 Å². The highest BCUT2D eigenvalue weighted by Crippen LogP contribution is 2.39. The lowest BCUT2D eigenvalue weighted by molar-refractivity contribution is 0.0919. The van der Waals surface area contributed by atoms with E-state index in [1.54, 1.807) is 0 Å². The van der Waals surface area contributed by atoms with Crippen LogP contribution in [0.25, 0.3) is 0 Å². The zero-order chi connectivity index (χ0) is 22.0. The van der Waals surface area contributed by atoms with Gasteiger partial charge in [0.15, 0.2) is 5.76 Å². The van der Waals surface area contributed by atoms with Crippen LogP contribution in [0.3, 0.4) is 0 Å². The molecule has 0 bridgehead atoms. The number of anilines is 1. The highest BCUT2D eigenvalue weighted by atomic mass is 35.5. The van der Waals surface area contributed by atoms with Crippen molar-refractivity contribution in [3.63, 3.8) is 0 Å². The minimum absolute atomic E-state index is 0.0141. The lowest BCUT2D eigenvalue weighted by Crippen LogP contribution is -2.27. The number of nitrogens with zero attached hydrogens (tertiary/aromatic N) is 1. The summed E-state index contributed by atoms with van der Waals surface area (Å²) in [6.45, 7) is 6.63. The number of benzene rings is 2. The fraction of sp³-hybridized carbons (Fsp3) is 0.280. The predicted molar refractivity (Wildman–Crippen MR) is 125 cm³/mol. The average Bonchev–Trinajstić information content (AvgIpc) is 3.07. The number of hydrogen-bond acceptors (Lipinski definition) is 4. The predicted octanol–water partition coefficient (Wildman–Crippen LogP) is 5.96. The first-order valence-corrected chi connectivity index (χ1v) is 10.7. The van der Waals surface area contributed by atoms with E-state index in [1.165, 1.54) is 0 Å². The smallest absolute Gasteiger partial charge is 0.287 e. The van der Waals surface area contributed by atoms with Crippen molar-refractivity contribution < 1.29 is 9.21 Å². The van der Waals surface area contributed by atoms with Crippen LogP contribution in [-0.2, 0) is 13.0 Å². The summed E-state index contributed by atoms with van der Waals surface area (Å²) < 4.78 is 6.08. The van der Waals surface area contributed by atoms with Gasteiger partial charge in [0.1, 0.15) is 5.76 Å². The number of hydrazone groups is 1. The molecule has 2 N–H and O–H groups in total. The van der Waals surface area contributed by atoms with E-state index in [0.29, 0.717) is 17.3 Å². The van der Waals surface area contributed by atoms with Crippen LogP contribution in [0.5, 0.6) is 0 Å². The van der Waals surface area contributed by atoms with Gasteiger partial charge in [-0.1, -0.05) is 61.8 Å². The average molecular weight is 436 g/mol. The van der Waals surface area contributed by atoms with E-state index in [1.807, 2.05) is 61.5 Å². The molecule has 2 aromatic carbocycles. The van der Waals surface area contributed by atoms with E-state index in [9.17, 15) is 4.79 Å². The number of furan rings is 1. The second kappa shape index (κ2) is 8.60. The van der Waals surface area contributed by atoms with Crippen molar-refractivity contribution in [2.75, 3.05) is 5.43 Å². The van der Waals surface area contributed by atoms with Gasteiger partial charge in [0, 0.05) is 29.1 Å². The number of amides is 1. The normalized spacial score (nSPS) is 16.1. The Bertz CT molecular complexity index is 1130. The fourth-order valence-corrected chi connectivity index (χ4v) is 4.17. The molecule has 6 heteroatoms. The van der Waals surface area contributed by atoms with Crippen LogP contribution in [0.1, 0.15) is 53.3 Å². The number of para-hydroxylation sites is 1. The van der Waals surface area contributed by atoms with Gasteiger partial charge in [-0.05, 0) is 42.5 Å². The first-order chi connectivity index (χ1) is 14.8. The topological polar surface area (TPSA) is 66.6 Å². The Morgan fingerprint density at radius 2 is 1.81 bits per heavy atom. The molecule has 5 nitrogen and oxygen atoms in total. The first kappa shape index (κ1) is 21.2. The van der Waals surface area contributed by atoms with Crippen LogP contribution >= 0.6 is 11.6 Å². The van der Waals surface area contributed by atoms with Gasteiger partial charge in [0.05, 0.1) is 11.4 Å². The maximum absolute atomic E-state index is 12.9. The quantitative estimate of drug-likeness (QED) is 0.486. The molecule has 160 valence electrons. The fourth-order valence-electron chi connectivity index (χ4n) is 3.97. The lowest BCUT2D eigenvalue weighted by atomic mass is 9.75. The van der Waals surface area contributed by atoms with Crippen LogP contribution in [-0.4, -0.2) is 11.6 Å². The number of hydrogen-bond donors (Lipinski definition) is 2. The Kier molecular flexibility index (Phi) is 5.88. The Labute approximate surface area is 187 Å². The first-order valence-electron chi connectivity index (χ1n) is 10.4. The number of carbonyl (C=O) groups is 1. The molecular weight excluding hydrogens is 410 g/mol. The number of rotatable bonds is 5. The molecule has 1 aliphatic rings. The Hall–Kier alpha value is -3.05. The summed E-state index contributed by atoms with van der Waals surface area (Å²) in [5.41, 5.74) is 7.56. The Balaban J connectivity index is 1.60. The summed E-state index contributed by atoms with van der Waals surface area (Å²) in [6, 6.07) is 17.3. The van der Waals surface area contributed by atoms with Crippen LogP contribution in [0.4, 0.5) is 5.69 Å². The van der Waals surface area contributed by atoms with Gasteiger partial charge in [-0.25, -0.2) is 0 Å². The van der Waals surface area contributed by atoms with Gasteiger partial charge >= 0.3 is 0 Å². The van der Waals surface area contributed by atoms with Crippen LogP contribution in [0.15, 0.2) is 64.1 Å². The molecule has 1 heterocycles. The summed E-state index contributed by atoms with van der Waals surface area (Å²) in [6.07, 6.45) is 1.55. The van der Waals surface area contributed by atoms with Gasteiger partial charge in [-0.3, -0.25) is 10.2 Å². The number of halogens is 1. The van der Waals surface area contributed by atoms with Crippen molar-refractivity contribution in [1.29, 1.82) is 0 Å². The van der Waals surface area contributed by atoms with E-state index >= 15 is 0 Å². The molecule has 0 fully saturated rings. The largest absolute Gasteiger partial charge is 0.455 e. The third-order valence-electron chi connectivity index (χ3n) is 5.49. The number of carbonyl (C=O) groups excluding carboxylic acids is 1. The van der Waals surface area contributed by atoms with Crippen LogP contribution in [0.2, 0.25) is 5.02 Å². The molecule has 1 aliphatic carbocycles. The lowest BCUT2D eigenvalue weighted by Gasteiger charge is -2.29. The summed E-state index contributed by atoms with van der Waals surface area (Å²) in [5.74, 6) is 0.896. The minimum Gasteiger partial charge on any atom is -0.455 e. The third-order valence-corrected chi connectivity index (χ3v) is 5.86. The standard InChI is InChI=1S/C25H26ClN3O2/c1-16-22-20(29-28-18-10-5-4-6-11-18)13-25(2,3)14-21(22)31-23(16)24(30)27-15-17-9-7-8-12-19(17)26/h4-12,28H,13-15H2,1-3H3,(H,27,30)/b29-20-. The zero-order valence-electron chi connectivity index (χ0n) is 18.0. The SMILES string of the molecule is Cc1c(C(=O)NCc2ccccc2Cl)oc2c1/C(=N\Nc1ccccc1)CC(C)(C)C2. The third kappa shape index (κ3) is 4.67. The van der Waals surface area contributed by atoms with E-state index in [-0.39, 0.29) is 11.3 Å². The molecule has 0 saturated carbocycles. The zero-order valence-corrected chi connectivity index (χ0v) is 18.7. The summed E-state index contributed by atoms with van der Waals surface area (Å²) in [4.78, 5) is 12.9. The highest BCUT2D eigenvalue weighted by Gasteiger charge is 2.36. The van der Waals surface area contributed by atoms with Gasteiger partial charge in [0.25, 0.3) is 5.91 Å². The van der Waals surface area contributed by atoms with E-state index in [2.05, 4.69) is 29.7 Å². The van der Waals surface area contributed by atoms with Gasteiger partial charge in [-0.15, -0.1) is 0 Å². The van der Waals surface area contributed by atoms with Gasteiger partial charge in [0.2, 0.25) is 0 Å². The maximum Gasteiger partial charge on any atom is 0.287 e. The monoisotopic (exact) mass is 435 g/mol. The minimum atomic E-state index is -0.250. The van der Waals surface area contributed by atoms with E-state index in [4.69, 9.17) is 16.0 Å². The number of nitrogens with one attached hydrogen (secondary N) is 2.